The molecule has 0 bridgehead atoms. The van der Waals surface area contributed by atoms with E-state index in [1.807, 2.05) is 0 Å². The molecule has 0 atom stereocenters. The molecule has 1 aromatic rings. The Morgan fingerprint density at radius 3 is 2.70 bits per heavy atom. The van der Waals surface area contributed by atoms with Gasteiger partial charge in [0.05, 0.1) is 13.0 Å². The van der Waals surface area contributed by atoms with Crippen LogP contribution in [-0.4, -0.2) is 42.6 Å². The normalized spacial score (nSPS) is 10.6. The van der Waals surface area contributed by atoms with Gasteiger partial charge in [0.15, 0.2) is 0 Å². The molecule has 0 saturated carbocycles. The number of hydrogen-bond donors (Lipinski definition) is 1. The zero-order chi connectivity index (χ0) is 15.1. The summed E-state index contributed by atoms with van der Waals surface area (Å²) in [5.74, 6) is -0.513. The molecule has 0 unspecified atom stereocenters. The number of carbonyl (C=O) groups is 2. The quantitative estimate of drug-likeness (QED) is 0.807. The molecule has 0 aliphatic rings. The molecular formula is C14H16BrNO4. The van der Waals surface area contributed by atoms with E-state index < -0.39 is 5.97 Å². The number of amides is 1. The van der Waals surface area contributed by atoms with Crippen LogP contribution in [0.4, 0.5) is 0 Å². The highest BCUT2D eigenvalue weighted by Gasteiger charge is 2.06. The van der Waals surface area contributed by atoms with E-state index in [9.17, 15) is 9.59 Å². The van der Waals surface area contributed by atoms with Gasteiger partial charge in [0.25, 0.3) is 0 Å². The number of nitrogens with zero attached hydrogens (tertiary/aromatic N) is 1. The Bertz CT molecular complexity index is 526. The third-order valence-electron chi connectivity index (χ3n) is 2.45. The lowest BCUT2D eigenvalue weighted by molar-refractivity contribution is -0.131. The molecule has 0 radical (unpaired) electrons. The molecule has 20 heavy (non-hydrogen) atoms. The van der Waals surface area contributed by atoms with Gasteiger partial charge in [0.1, 0.15) is 5.75 Å². The molecule has 0 saturated heterocycles. The number of ether oxygens (including phenoxy) is 1. The summed E-state index contributed by atoms with van der Waals surface area (Å²) in [5.41, 5.74) is 0.638. The van der Waals surface area contributed by atoms with E-state index >= 15 is 0 Å². The smallest absolute Gasteiger partial charge is 0.328 e. The number of aliphatic carboxylic acids is 1. The van der Waals surface area contributed by atoms with Gasteiger partial charge in [-0.05, 0) is 24.3 Å². The van der Waals surface area contributed by atoms with Crippen LogP contribution >= 0.6 is 15.9 Å². The minimum Gasteiger partial charge on any atom is -0.492 e. The van der Waals surface area contributed by atoms with Gasteiger partial charge < -0.3 is 14.7 Å². The number of halogens is 1. The van der Waals surface area contributed by atoms with Crippen molar-refractivity contribution in [2.24, 2.45) is 0 Å². The summed E-state index contributed by atoms with van der Waals surface area (Å²) < 4.78 is 6.35. The maximum atomic E-state index is 11.4. The molecule has 1 rings (SSSR count). The second-order valence-corrected chi connectivity index (χ2v) is 5.16. The van der Waals surface area contributed by atoms with Crippen molar-refractivity contribution in [1.82, 2.24) is 4.90 Å². The molecule has 1 aromatic carbocycles. The number of benzene rings is 1. The molecular weight excluding hydrogens is 326 g/mol. The molecule has 0 aromatic heterocycles. The summed E-state index contributed by atoms with van der Waals surface area (Å²) in [6.45, 7) is 0.243. The lowest BCUT2D eigenvalue weighted by atomic mass is 10.2. The standard InChI is InChI=1S/C14H16BrNO4/c1-16(2)13(17)7-8-20-12-5-4-11(15)9-10(12)3-6-14(18)19/h3-6,9H,7-8H2,1-2H3,(H,18,19)/b6-3+. The second kappa shape index (κ2) is 7.69. The molecule has 108 valence electrons. The first-order valence-corrected chi connectivity index (χ1v) is 6.73. The number of hydrogen-bond acceptors (Lipinski definition) is 3. The van der Waals surface area contributed by atoms with Gasteiger partial charge in [-0.25, -0.2) is 4.79 Å². The van der Waals surface area contributed by atoms with Gasteiger partial charge in [0.2, 0.25) is 5.91 Å². The fourth-order valence-corrected chi connectivity index (χ4v) is 1.79. The van der Waals surface area contributed by atoms with Crippen molar-refractivity contribution in [1.29, 1.82) is 0 Å². The van der Waals surface area contributed by atoms with E-state index in [4.69, 9.17) is 9.84 Å². The van der Waals surface area contributed by atoms with Crippen LogP contribution in [0.1, 0.15) is 12.0 Å². The highest BCUT2D eigenvalue weighted by Crippen LogP contribution is 2.24. The molecule has 6 heteroatoms. The van der Waals surface area contributed by atoms with Crippen molar-refractivity contribution in [3.8, 4) is 5.75 Å². The predicted molar refractivity (Wildman–Crippen MR) is 79.6 cm³/mol. The molecule has 0 spiro atoms. The lowest BCUT2D eigenvalue weighted by Gasteiger charge is -2.12. The van der Waals surface area contributed by atoms with Crippen LogP contribution in [0.2, 0.25) is 0 Å². The SMILES string of the molecule is CN(C)C(=O)CCOc1ccc(Br)cc1/C=C/C(=O)O. The summed E-state index contributed by atoms with van der Waals surface area (Å²) in [6.07, 6.45) is 2.76. The Kier molecular flexibility index (Phi) is 6.24. The van der Waals surface area contributed by atoms with Crippen molar-refractivity contribution < 1.29 is 19.4 Å². The first-order valence-electron chi connectivity index (χ1n) is 5.93. The van der Waals surface area contributed by atoms with E-state index in [0.717, 1.165) is 10.5 Å². The Labute approximate surface area is 126 Å². The minimum absolute atomic E-state index is 0.0234. The molecule has 1 N–H and O–H groups in total. The maximum absolute atomic E-state index is 11.4. The average molecular weight is 342 g/mol. The molecule has 0 heterocycles. The number of carboxylic acid groups (broad SMARTS) is 1. The van der Waals surface area contributed by atoms with Crippen LogP contribution in [0.5, 0.6) is 5.75 Å². The monoisotopic (exact) mass is 341 g/mol. The van der Waals surface area contributed by atoms with Crippen LogP contribution in [0, 0.1) is 0 Å². The van der Waals surface area contributed by atoms with Crippen LogP contribution in [-0.2, 0) is 9.59 Å². The van der Waals surface area contributed by atoms with Crippen molar-refractivity contribution >= 4 is 33.9 Å². The van der Waals surface area contributed by atoms with Gasteiger partial charge in [-0.1, -0.05) is 15.9 Å². The molecule has 5 nitrogen and oxygen atoms in total. The number of carbonyl (C=O) groups excluding carboxylic acids is 1. The van der Waals surface area contributed by atoms with Crippen molar-refractivity contribution in [2.75, 3.05) is 20.7 Å². The Hall–Kier alpha value is -1.82. The first kappa shape index (κ1) is 16.2. The van der Waals surface area contributed by atoms with Crippen molar-refractivity contribution in [2.45, 2.75) is 6.42 Å². The zero-order valence-electron chi connectivity index (χ0n) is 11.3. The highest BCUT2D eigenvalue weighted by molar-refractivity contribution is 9.10. The lowest BCUT2D eigenvalue weighted by Crippen LogP contribution is -2.23. The van der Waals surface area contributed by atoms with E-state index in [1.54, 1.807) is 32.3 Å². The molecule has 1 amide bonds. The van der Waals surface area contributed by atoms with E-state index in [-0.39, 0.29) is 18.9 Å². The highest BCUT2D eigenvalue weighted by atomic mass is 79.9. The van der Waals surface area contributed by atoms with Crippen LogP contribution in [0.15, 0.2) is 28.7 Å². The van der Waals surface area contributed by atoms with Crippen molar-refractivity contribution in [3.05, 3.63) is 34.3 Å². The zero-order valence-corrected chi connectivity index (χ0v) is 12.9. The summed E-state index contributed by atoms with van der Waals surface area (Å²) in [6, 6.07) is 5.27. The van der Waals surface area contributed by atoms with E-state index in [1.165, 1.54) is 11.0 Å². The van der Waals surface area contributed by atoms with Crippen LogP contribution < -0.4 is 4.74 Å². The van der Waals surface area contributed by atoms with Crippen LogP contribution in [0.25, 0.3) is 6.08 Å². The number of carboxylic acids is 1. The predicted octanol–water partition coefficient (Wildman–Crippen LogP) is 2.40. The van der Waals surface area contributed by atoms with Gasteiger partial charge >= 0.3 is 5.97 Å². The van der Waals surface area contributed by atoms with E-state index in [2.05, 4.69) is 15.9 Å². The molecule has 0 aliphatic heterocycles. The summed E-state index contributed by atoms with van der Waals surface area (Å²) in [5, 5.41) is 8.66. The fourth-order valence-electron chi connectivity index (χ4n) is 1.41. The van der Waals surface area contributed by atoms with Gasteiger partial charge in [-0.3, -0.25) is 4.79 Å². The largest absolute Gasteiger partial charge is 0.492 e. The third kappa shape index (κ3) is 5.44. The summed E-state index contributed by atoms with van der Waals surface area (Å²) >= 11 is 3.32. The fraction of sp³-hybridized carbons (Fsp3) is 0.286. The Balaban J connectivity index is 2.74. The van der Waals surface area contributed by atoms with Gasteiger partial charge in [-0.2, -0.15) is 0 Å². The minimum atomic E-state index is -1.03. The van der Waals surface area contributed by atoms with Crippen molar-refractivity contribution in [3.63, 3.8) is 0 Å². The second-order valence-electron chi connectivity index (χ2n) is 4.24. The summed E-state index contributed by atoms with van der Waals surface area (Å²) in [4.78, 5) is 23.5. The Morgan fingerprint density at radius 2 is 2.10 bits per heavy atom. The summed E-state index contributed by atoms with van der Waals surface area (Å²) in [7, 11) is 3.37. The van der Waals surface area contributed by atoms with Gasteiger partial charge in [0, 0.05) is 30.2 Å². The van der Waals surface area contributed by atoms with E-state index in [0.29, 0.717) is 11.3 Å². The average Bonchev–Trinajstić information content (AvgIpc) is 2.38. The number of rotatable bonds is 6. The maximum Gasteiger partial charge on any atom is 0.328 e. The topological polar surface area (TPSA) is 66.8 Å². The Morgan fingerprint density at radius 1 is 1.40 bits per heavy atom. The molecule has 0 aliphatic carbocycles. The molecule has 0 fully saturated rings. The third-order valence-corrected chi connectivity index (χ3v) is 2.94. The van der Waals surface area contributed by atoms with Crippen LogP contribution in [0.3, 0.4) is 0 Å². The first-order chi connectivity index (χ1) is 9.40. The van der Waals surface area contributed by atoms with Gasteiger partial charge in [-0.15, -0.1) is 0 Å².